The Morgan fingerprint density at radius 3 is 2.44 bits per heavy atom. The predicted octanol–water partition coefficient (Wildman–Crippen LogP) is 2.90. The van der Waals surface area contributed by atoms with Crippen LogP contribution in [0.2, 0.25) is 0 Å². The molecule has 0 fully saturated rings. The molecule has 16 heavy (non-hydrogen) atoms. The Kier molecular flexibility index (Phi) is 8.14. The molecule has 0 unspecified atom stereocenters. The van der Waals surface area contributed by atoms with E-state index >= 15 is 0 Å². The minimum atomic E-state index is -0.319. The van der Waals surface area contributed by atoms with Crippen molar-refractivity contribution in [3.63, 3.8) is 0 Å². The summed E-state index contributed by atoms with van der Waals surface area (Å²) in [6.45, 7) is 1.88. The molecule has 0 aliphatic carbocycles. The molecule has 0 aromatic heterocycles. The molecule has 84 valence electrons. The fraction of sp³-hybridized carbons (Fsp3) is 0.250. The van der Waals surface area contributed by atoms with E-state index in [0.29, 0.717) is 6.42 Å². The van der Waals surface area contributed by atoms with Gasteiger partial charge in [-0.05, 0) is 11.6 Å². The lowest BCUT2D eigenvalue weighted by molar-refractivity contribution is -0.479. The van der Waals surface area contributed by atoms with Gasteiger partial charge in [-0.1, -0.05) is 37.3 Å². The molecule has 0 atom stereocenters. The van der Waals surface area contributed by atoms with E-state index in [4.69, 9.17) is 5.26 Å². The van der Waals surface area contributed by atoms with Gasteiger partial charge < -0.3 is 0 Å². The monoisotopic (exact) mass is 218 g/mol. The molecule has 0 aliphatic rings. The molecular weight excluding hydrogens is 204 g/mol. The third-order valence-electron chi connectivity index (χ3n) is 1.56. The molecule has 4 heteroatoms. The number of nitrogens with zero attached hydrogens (tertiary/aromatic N) is 2. The summed E-state index contributed by atoms with van der Waals surface area (Å²) in [5.74, 6) is 0. The van der Waals surface area contributed by atoms with Gasteiger partial charge in [0.05, 0.1) is 6.07 Å². The average Bonchev–Trinajstić information content (AvgIpc) is 2.28. The van der Waals surface area contributed by atoms with Crippen molar-refractivity contribution in [2.45, 2.75) is 13.3 Å². The highest BCUT2D eigenvalue weighted by atomic mass is 16.6. The van der Waals surface area contributed by atoms with Crippen LogP contribution in [0.4, 0.5) is 0 Å². The van der Waals surface area contributed by atoms with Gasteiger partial charge in [0.1, 0.15) is 0 Å². The van der Waals surface area contributed by atoms with E-state index in [1.54, 1.807) is 13.0 Å². The van der Waals surface area contributed by atoms with Crippen LogP contribution in [0.3, 0.4) is 0 Å². The summed E-state index contributed by atoms with van der Waals surface area (Å²) in [5.41, 5.74) is 1.06. The minimum absolute atomic E-state index is 0.0972. The van der Waals surface area contributed by atoms with Gasteiger partial charge in [0.25, 0.3) is 0 Å². The van der Waals surface area contributed by atoms with E-state index in [1.165, 1.54) is 6.08 Å². The number of hydrogen-bond acceptors (Lipinski definition) is 3. The molecule has 1 aromatic rings. The third-order valence-corrected chi connectivity index (χ3v) is 1.56. The first-order valence-electron chi connectivity index (χ1n) is 4.93. The van der Waals surface area contributed by atoms with Crippen molar-refractivity contribution in [2.75, 3.05) is 6.54 Å². The molecule has 0 N–H and O–H groups in total. The van der Waals surface area contributed by atoms with Crippen molar-refractivity contribution in [3.8, 4) is 6.07 Å². The van der Waals surface area contributed by atoms with E-state index in [1.807, 2.05) is 36.4 Å². The molecule has 1 aromatic carbocycles. The van der Waals surface area contributed by atoms with Crippen LogP contribution in [-0.2, 0) is 0 Å². The first-order chi connectivity index (χ1) is 7.70. The maximum Gasteiger partial charge on any atom is 0.203 e. The molecule has 0 spiro atoms. The fourth-order valence-corrected chi connectivity index (χ4v) is 0.880. The molecule has 0 bridgehead atoms. The van der Waals surface area contributed by atoms with Crippen molar-refractivity contribution < 1.29 is 4.92 Å². The van der Waals surface area contributed by atoms with E-state index in [-0.39, 0.29) is 11.5 Å². The summed E-state index contributed by atoms with van der Waals surface area (Å²) in [4.78, 5) is 9.09. The molecule has 0 heterocycles. The third kappa shape index (κ3) is 8.45. The van der Waals surface area contributed by atoms with Crippen LogP contribution in [0.25, 0.3) is 6.08 Å². The van der Waals surface area contributed by atoms with Gasteiger partial charge in [0.15, 0.2) is 0 Å². The van der Waals surface area contributed by atoms with Crippen molar-refractivity contribution in [2.24, 2.45) is 0 Å². The molecule has 0 amide bonds. The molecular formula is C12H14N2O2. The number of nitriles is 1. The highest BCUT2D eigenvalue weighted by Crippen LogP contribution is 1.99. The number of hydrogen-bond donors (Lipinski definition) is 0. The molecule has 4 nitrogen and oxygen atoms in total. The summed E-state index contributed by atoms with van der Waals surface area (Å²) < 4.78 is 0. The fourth-order valence-electron chi connectivity index (χ4n) is 0.880. The lowest BCUT2D eigenvalue weighted by Gasteiger charge is -1.86. The lowest BCUT2D eigenvalue weighted by Crippen LogP contribution is -1.96. The second-order valence-electron chi connectivity index (χ2n) is 2.93. The zero-order chi connectivity index (χ0) is 12.2. The SMILES string of the molecule is CCC[N+](=O)[O-].N#C/C=C/c1ccccc1. The molecule has 0 radical (unpaired) electrons. The maximum absolute atomic E-state index is 9.40. The average molecular weight is 218 g/mol. The second-order valence-corrected chi connectivity index (χ2v) is 2.93. The normalized spacial score (nSPS) is 9.00. The lowest BCUT2D eigenvalue weighted by atomic mass is 10.2. The molecule has 0 saturated heterocycles. The van der Waals surface area contributed by atoms with Crippen molar-refractivity contribution in [3.05, 3.63) is 52.1 Å². The van der Waals surface area contributed by atoms with Crippen LogP contribution >= 0.6 is 0 Å². The largest absolute Gasteiger partial charge is 0.265 e. The van der Waals surface area contributed by atoms with Crippen LogP contribution < -0.4 is 0 Å². The maximum atomic E-state index is 9.40. The van der Waals surface area contributed by atoms with Crippen molar-refractivity contribution >= 4 is 6.08 Å². The predicted molar refractivity (Wildman–Crippen MR) is 63.2 cm³/mol. The van der Waals surface area contributed by atoms with Gasteiger partial charge in [-0.2, -0.15) is 5.26 Å². The zero-order valence-electron chi connectivity index (χ0n) is 9.17. The first kappa shape index (κ1) is 13.8. The summed E-state index contributed by atoms with van der Waals surface area (Å²) in [5, 5.41) is 17.6. The highest BCUT2D eigenvalue weighted by Gasteiger charge is 1.85. The molecule has 1 rings (SSSR count). The van der Waals surface area contributed by atoms with Crippen molar-refractivity contribution in [1.82, 2.24) is 0 Å². The molecule has 0 aliphatic heterocycles. The smallest absolute Gasteiger partial charge is 0.203 e. The number of nitro groups is 1. The van der Waals surface area contributed by atoms with Crippen LogP contribution in [0.1, 0.15) is 18.9 Å². The highest BCUT2D eigenvalue weighted by molar-refractivity contribution is 5.51. The summed E-state index contributed by atoms with van der Waals surface area (Å²) in [7, 11) is 0. The summed E-state index contributed by atoms with van der Waals surface area (Å²) in [6.07, 6.45) is 3.88. The van der Waals surface area contributed by atoms with Crippen LogP contribution in [-0.4, -0.2) is 11.5 Å². The standard InChI is InChI=1S/C9H7N.C3H7NO2/c10-8-4-7-9-5-2-1-3-6-9;1-2-3-4(5)6/h1-7H;2-3H2,1H3/b7-4+;. The quantitative estimate of drug-likeness (QED) is 0.445. The number of benzene rings is 1. The van der Waals surface area contributed by atoms with E-state index in [2.05, 4.69) is 0 Å². The summed E-state index contributed by atoms with van der Waals surface area (Å²) in [6, 6.07) is 11.7. The van der Waals surface area contributed by atoms with Gasteiger partial charge in [0, 0.05) is 17.4 Å². The van der Waals surface area contributed by atoms with Gasteiger partial charge in [-0.3, -0.25) is 10.1 Å². The van der Waals surface area contributed by atoms with E-state index < -0.39 is 0 Å². The first-order valence-corrected chi connectivity index (χ1v) is 4.93. The van der Waals surface area contributed by atoms with Gasteiger partial charge in [0.2, 0.25) is 6.54 Å². The topological polar surface area (TPSA) is 66.9 Å². The minimum Gasteiger partial charge on any atom is -0.265 e. The Morgan fingerprint density at radius 2 is 2.06 bits per heavy atom. The van der Waals surface area contributed by atoms with Gasteiger partial charge in [-0.25, -0.2) is 0 Å². The van der Waals surface area contributed by atoms with Crippen LogP contribution in [0, 0.1) is 21.4 Å². The Bertz CT molecular complexity index is 366. The Balaban J connectivity index is 0.000000325. The summed E-state index contributed by atoms with van der Waals surface area (Å²) >= 11 is 0. The van der Waals surface area contributed by atoms with E-state index in [0.717, 1.165) is 5.56 Å². The second kappa shape index (κ2) is 9.41. The van der Waals surface area contributed by atoms with Crippen LogP contribution in [0.15, 0.2) is 36.4 Å². The number of rotatable bonds is 3. The molecule has 0 saturated carbocycles. The Labute approximate surface area is 95.0 Å². The Morgan fingerprint density at radius 1 is 1.44 bits per heavy atom. The van der Waals surface area contributed by atoms with Crippen molar-refractivity contribution in [1.29, 1.82) is 5.26 Å². The number of allylic oxidation sites excluding steroid dienone is 1. The zero-order valence-corrected chi connectivity index (χ0v) is 9.17. The Hall–Kier alpha value is -2.15. The van der Waals surface area contributed by atoms with Gasteiger partial charge >= 0.3 is 0 Å². The van der Waals surface area contributed by atoms with E-state index in [9.17, 15) is 10.1 Å². The van der Waals surface area contributed by atoms with Crippen LogP contribution in [0.5, 0.6) is 0 Å². The van der Waals surface area contributed by atoms with Gasteiger partial charge in [-0.15, -0.1) is 0 Å².